The Kier molecular flexibility index (Phi) is 6.04. The zero-order chi connectivity index (χ0) is 20.4. The van der Waals surface area contributed by atoms with E-state index < -0.39 is 20.0 Å². The Morgan fingerprint density at radius 1 is 0.964 bits per heavy atom. The van der Waals surface area contributed by atoms with Gasteiger partial charge in [-0.25, -0.2) is 21.8 Å². The molecule has 1 aromatic carbocycles. The zero-order valence-electron chi connectivity index (χ0n) is 15.8. The molecule has 0 fully saturated rings. The summed E-state index contributed by atoms with van der Waals surface area (Å²) in [6.45, 7) is 4.25. The maximum absolute atomic E-state index is 12.5. The summed E-state index contributed by atoms with van der Waals surface area (Å²) in [5, 5.41) is 0. The highest BCUT2D eigenvalue weighted by molar-refractivity contribution is 7.89. The molecule has 10 heteroatoms. The largest absolute Gasteiger partial charge is 0.292 e. The van der Waals surface area contributed by atoms with E-state index in [2.05, 4.69) is 15.2 Å². The Labute approximate surface area is 166 Å². The summed E-state index contributed by atoms with van der Waals surface area (Å²) in [7, 11) is -7.37. The van der Waals surface area contributed by atoms with Crippen molar-refractivity contribution in [3.8, 4) is 0 Å². The first-order valence-corrected chi connectivity index (χ1v) is 12.1. The van der Waals surface area contributed by atoms with Gasteiger partial charge in [-0.1, -0.05) is 19.9 Å². The maximum atomic E-state index is 12.5. The summed E-state index contributed by atoms with van der Waals surface area (Å²) in [6.07, 6.45) is 4.11. The van der Waals surface area contributed by atoms with Crippen molar-refractivity contribution < 1.29 is 16.8 Å². The lowest BCUT2D eigenvalue weighted by Crippen LogP contribution is -2.31. The molecular weight excluding hydrogens is 400 g/mol. The second-order valence-corrected chi connectivity index (χ2v) is 10.1. The Balaban J connectivity index is 1.71. The number of rotatable bonds is 8. The highest BCUT2D eigenvalue weighted by atomic mass is 32.2. The third-order valence-electron chi connectivity index (χ3n) is 4.77. The average Bonchev–Trinajstić information content (AvgIpc) is 3.15. The van der Waals surface area contributed by atoms with Crippen LogP contribution < -0.4 is 10.3 Å². The number of nitrogens with zero attached hydrogens (tertiary/aromatic N) is 2. The van der Waals surface area contributed by atoms with Crippen LogP contribution in [0, 0.1) is 0 Å². The summed E-state index contributed by atoms with van der Waals surface area (Å²) in [6, 6.07) is 7.94. The van der Waals surface area contributed by atoms with E-state index in [4.69, 9.17) is 0 Å². The van der Waals surface area contributed by atoms with Crippen LogP contribution in [0.1, 0.15) is 31.4 Å². The summed E-state index contributed by atoms with van der Waals surface area (Å²) >= 11 is 0. The number of aryl methyl sites for hydroxylation is 2. The number of aromatic nitrogens is 1. The predicted octanol–water partition coefficient (Wildman–Crippen LogP) is 1.91. The molecule has 0 radical (unpaired) electrons. The maximum Gasteiger partial charge on any atom is 0.257 e. The molecule has 1 aliphatic carbocycles. The number of hydrogen-bond donors (Lipinski definition) is 2. The lowest BCUT2D eigenvalue weighted by molar-refractivity contribution is 0.445. The molecule has 0 saturated heterocycles. The molecule has 2 N–H and O–H groups in total. The Morgan fingerprint density at radius 3 is 2.29 bits per heavy atom. The van der Waals surface area contributed by atoms with Crippen molar-refractivity contribution in [2.75, 3.05) is 18.5 Å². The number of hydrazine groups is 1. The molecule has 0 bridgehead atoms. The van der Waals surface area contributed by atoms with E-state index in [1.165, 1.54) is 28.2 Å². The summed E-state index contributed by atoms with van der Waals surface area (Å²) < 4.78 is 51.2. The fraction of sp³-hybridized carbons (Fsp3) is 0.389. The first-order chi connectivity index (χ1) is 13.3. The topological polar surface area (TPSA) is 108 Å². The van der Waals surface area contributed by atoms with Gasteiger partial charge in [0, 0.05) is 19.3 Å². The first-order valence-electron chi connectivity index (χ1n) is 9.13. The van der Waals surface area contributed by atoms with E-state index >= 15 is 0 Å². The van der Waals surface area contributed by atoms with Gasteiger partial charge in [-0.05, 0) is 54.7 Å². The van der Waals surface area contributed by atoms with Crippen LogP contribution in [0.2, 0.25) is 0 Å². The molecule has 8 nitrogen and oxygen atoms in total. The molecule has 0 spiro atoms. The predicted molar refractivity (Wildman–Crippen MR) is 107 cm³/mol. The smallest absolute Gasteiger partial charge is 0.257 e. The lowest BCUT2D eigenvalue weighted by Gasteiger charge is -2.18. The summed E-state index contributed by atoms with van der Waals surface area (Å²) in [5.74, 6) is 0.197. The minimum absolute atomic E-state index is 0.0585. The van der Waals surface area contributed by atoms with Gasteiger partial charge in [0.15, 0.2) is 0 Å². The molecule has 2 aromatic rings. The number of sulfonamides is 2. The van der Waals surface area contributed by atoms with Crippen LogP contribution in [0.15, 0.2) is 46.3 Å². The van der Waals surface area contributed by atoms with Crippen molar-refractivity contribution in [2.24, 2.45) is 0 Å². The van der Waals surface area contributed by atoms with Crippen LogP contribution in [0.5, 0.6) is 0 Å². The van der Waals surface area contributed by atoms with Gasteiger partial charge < -0.3 is 0 Å². The molecule has 0 aliphatic heterocycles. The van der Waals surface area contributed by atoms with Crippen LogP contribution in [0.3, 0.4) is 0 Å². The standard InChI is InChI=1S/C18H24N4O4S2/c1-3-22(4-2)28(25,26)17-10-11-18(19-13-17)20-21-27(23,24)16-9-8-14-6-5-7-15(14)12-16/h8-13,21H,3-7H2,1-2H3,(H,19,20). The van der Waals surface area contributed by atoms with E-state index in [0.717, 1.165) is 24.8 Å². The summed E-state index contributed by atoms with van der Waals surface area (Å²) in [4.78, 5) is 6.53. The molecule has 0 atom stereocenters. The molecule has 0 unspecified atom stereocenters. The SMILES string of the molecule is CCN(CC)S(=O)(=O)c1ccc(NNS(=O)(=O)c2ccc3c(c2)CCC3)nc1. The third-order valence-corrected chi connectivity index (χ3v) is 8.05. The molecule has 0 amide bonds. The molecule has 3 rings (SSSR count). The van der Waals surface area contributed by atoms with Crippen molar-refractivity contribution in [3.63, 3.8) is 0 Å². The number of anilines is 1. The van der Waals surface area contributed by atoms with Gasteiger partial charge in [-0.3, -0.25) is 5.43 Å². The molecule has 28 heavy (non-hydrogen) atoms. The molecule has 1 heterocycles. The number of benzene rings is 1. The highest BCUT2D eigenvalue weighted by Crippen LogP contribution is 2.24. The zero-order valence-corrected chi connectivity index (χ0v) is 17.5. The highest BCUT2D eigenvalue weighted by Gasteiger charge is 2.22. The monoisotopic (exact) mass is 424 g/mol. The molecule has 1 aliphatic rings. The van der Waals surface area contributed by atoms with Gasteiger partial charge in [-0.2, -0.15) is 4.31 Å². The second kappa shape index (κ2) is 8.16. The summed E-state index contributed by atoms with van der Waals surface area (Å²) in [5.41, 5.74) is 4.78. The van der Waals surface area contributed by atoms with E-state index in [0.29, 0.717) is 13.1 Å². The Bertz CT molecular complexity index is 1050. The lowest BCUT2D eigenvalue weighted by atomic mass is 10.1. The molecular formula is C18H24N4O4S2. The fourth-order valence-electron chi connectivity index (χ4n) is 3.21. The normalized spacial score (nSPS) is 14.2. The van der Waals surface area contributed by atoms with Gasteiger partial charge in [0.1, 0.15) is 10.7 Å². The molecule has 152 valence electrons. The van der Waals surface area contributed by atoms with Crippen LogP contribution >= 0.6 is 0 Å². The van der Waals surface area contributed by atoms with E-state index in [-0.39, 0.29) is 15.6 Å². The fourth-order valence-corrected chi connectivity index (χ4v) is 5.52. The van der Waals surface area contributed by atoms with Gasteiger partial charge in [0.05, 0.1) is 4.90 Å². The number of pyridine rings is 1. The van der Waals surface area contributed by atoms with Crippen molar-refractivity contribution >= 4 is 25.9 Å². The minimum atomic E-state index is -3.77. The first kappa shape index (κ1) is 20.7. The van der Waals surface area contributed by atoms with Gasteiger partial charge in [0.25, 0.3) is 10.0 Å². The van der Waals surface area contributed by atoms with Crippen LogP contribution in [0.4, 0.5) is 5.82 Å². The van der Waals surface area contributed by atoms with E-state index in [1.807, 2.05) is 6.07 Å². The van der Waals surface area contributed by atoms with E-state index in [1.54, 1.807) is 26.0 Å². The van der Waals surface area contributed by atoms with Gasteiger partial charge >= 0.3 is 0 Å². The number of fused-ring (bicyclic) bond motifs is 1. The third kappa shape index (κ3) is 4.19. The molecule has 0 saturated carbocycles. The van der Waals surface area contributed by atoms with E-state index in [9.17, 15) is 16.8 Å². The van der Waals surface area contributed by atoms with Crippen molar-refractivity contribution in [2.45, 2.75) is 42.9 Å². The quantitative estimate of drug-likeness (QED) is 0.627. The number of hydrogen-bond acceptors (Lipinski definition) is 6. The number of nitrogens with one attached hydrogen (secondary N) is 2. The molecule has 1 aromatic heterocycles. The van der Waals surface area contributed by atoms with Crippen molar-refractivity contribution in [3.05, 3.63) is 47.7 Å². The average molecular weight is 425 g/mol. The van der Waals surface area contributed by atoms with Gasteiger partial charge in [0.2, 0.25) is 10.0 Å². The van der Waals surface area contributed by atoms with Crippen LogP contribution in [-0.4, -0.2) is 39.2 Å². The van der Waals surface area contributed by atoms with Crippen molar-refractivity contribution in [1.29, 1.82) is 0 Å². The van der Waals surface area contributed by atoms with Crippen LogP contribution in [-0.2, 0) is 32.9 Å². The Morgan fingerprint density at radius 2 is 1.64 bits per heavy atom. The Hall–Kier alpha value is -2.01. The minimum Gasteiger partial charge on any atom is -0.292 e. The second-order valence-electron chi connectivity index (χ2n) is 6.48. The van der Waals surface area contributed by atoms with Crippen molar-refractivity contribution in [1.82, 2.24) is 14.1 Å². The van der Waals surface area contributed by atoms with Crippen LogP contribution in [0.25, 0.3) is 0 Å². The van der Waals surface area contributed by atoms with Gasteiger partial charge in [-0.15, -0.1) is 4.83 Å².